The first kappa shape index (κ1) is 21.5. The highest BCUT2D eigenvalue weighted by Crippen LogP contribution is 2.31. The number of carbonyl (C=O) groups excluding carboxylic acids is 2. The Morgan fingerprint density at radius 2 is 1.73 bits per heavy atom. The summed E-state index contributed by atoms with van der Waals surface area (Å²) in [6, 6.07) is 12.6. The van der Waals surface area contributed by atoms with Crippen molar-refractivity contribution in [1.82, 2.24) is 10.2 Å². The maximum absolute atomic E-state index is 13.1. The van der Waals surface area contributed by atoms with Crippen molar-refractivity contribution in [2.24, 2.45) is 0 Å². The molecule has 1 heterocycles. The van der Waals surface area contributed by atoms with Gasteiger partial charge in [-0.15, -0.1) is 0 Å². The highest BCUT2D eigenvalue weighted by molar-refractivity contribution is 5.87. The molecule has 30 heavy (non-hydrogen) atoms. The number of hydrogen-bond acceptors (Lipinski definition) is 5. The van der Waals surface area contributed by atoms with E-state index in [0.717, 1.165) is 22.6 Å². The average molecular weight is 412 g/mol. The van der Waals surface area contributed by atoms with Crippen molar-refractivity contribution in [3.05, 3.63) is 53.6 Å². The molecule has 2 aromatic rings. The Morgan fingerprint density at radius 1 is 1.07 bits per heavy atom. The van der Waals surface area contributed by atoms with E-state index in [1.807, 2.05) is 42.5 Å². The van der Waals surface area contributed by atoms with Gasteiger partial charge in [-0.1, -0.05) is 18.2 Å². The third-order valence-corrected chi connectivity index (χ3v) is 5.16. The molecule has 0 fully saturated rings. The molecule has 0 saturated heterocycles. The number of likely N-dealkylation sites (N-methyl/N-ethyl adjacent to an activating group) is 1. The molecular weight excluding hydrogens is 384 g/mol. The Balaban J connectivity index is 1.70. The lowest BCUT2D eigenvalue weighted by atomic mass is 10.1. The number of methoxy groups -OCH3 is 1. The van der Waals surface area contributed by atoms with Crippen molar-refractivity contribution in [3.63, 3.8) is 0 Å². The van der Waals surface area contributed by atoms with E-state index in [9.17, 15) is 9.59 Å². The van der Waals surface area contributed by atoms with Gasteiger partial charge in [0.15, 0.2) is 11.5 Å². The largest absolute Gasteiger partial charge is 0.497 e. The molecule has 0 radical (unpaired) electrons. The van der Waals surface area contributed by atoms with Gasteiger partial charge in [0.1, 0.15) is 25.0 Å². The first-order chi connectivity index (χ1) is 14.5. The number of carbonyl (C=O) groups is 2. The summed E-state index contributed by atoms with van der Waals surface area (Å²) in [6.45, 7) is 3.15. The Morgan fingerprint density at radius 3 is 2.40 bits per heavy atom. The van der Waals surface area contributed by atoms with Gasteiger partial charge in [0.25, 0.3) is 0 Å². The third kappa shape index (κ3) is 5.23. The van der Waals surface area contributed by atoms with Crippen molar-refractivity contribution < 1.29 is 23.8 Å². The number of rotatable bonds is 8. The smallest absolute Gasteiger partial charge is 0.242 e. The number of fused-ring (bicyclic) bond motifs is 1. The van der Waals surface area contributed by atoms with Gasteiger partial charge in [0.2, 0.25) is 11.8 Å². The number of benzene rings is 2. The van der Waals surface area contributed by atoms with Gasteiger partial charge in [-0.05, 0) is 48.7 Å². The summed E-state index contributed by atoms with van der Waals surface area (Å²) in [7, 11) is 3.18. The number of hydrogen-bond donors (Lipinski definition) is 1. The van der Waals surface area contributed by atoms with Gasteiger partial charge in [0.05, 0.1) is 7.11 Å². The molecule has 7 nitrogen and oxygen atoms in total. The van der Waals surface area contributed by atoms with Gasteiger partial charge in [-0.2, -0.15) is 0 Å². The fourth-order valence-corrected chi connectivity index (χ4v) is 3.36. The van der Waals surface area contributed by atoms with Crippen LogP contribution >= 0.6 is 0 Å². The van der Waals surface area contributed by atoms with Crippen LogP contribution in [0.25, 0.3) is 0 Å². The molecule has 7 heteroatoms. The van der Waals surface area contributed by atoms with Gasteiger partial charge < -0.3 is 24.4 Å². The van der Waals surface area contributed by atoms with E-state index >= 15 is 0 Å². The average Bonchev–Trinajstić information content (AvgIpc) is 2.80. The Hall–Kier alpha value is -3.22. The summed E-state index contributed by atoms with van der Waals surface area (Å²) in [5.74, 6) is 1.90. The monoisotopic (exact) mass is 412 g/mol. The molecular formula is C23H28N2O5. The van der Waals surface area contributed by atoms with E-state index in [4.69, 9.17) is 14.2 Å². The summed E-state index contributed by atoms with van der Waals surface area (Å²) in [6.07, 6.45) is 0.839. The van der Waals surface area contributed by atoms with E-state index in [1.165, 1.54) is 0 Å². The maximum atomic E-state index is 13.1. The number of amides is 2. The van der Waals surface area contributed by atoms with Crippen LogP contribution in [-0.4, -0.2) is 50.1 Å². The molecule has 1 unspecified atom stereocenters. The van der Waals surface area contributed by atoms with Crippen LogP contribution < -0.4 is 19.5 Å². The quantitative estimate of drug-likeness (QED) is 0.721. The molecule has 1 atom stereocenters. The second-order valence-corrected chi connectivity index (χ2v) is 7.14. The highest BCUT2D eigenvalue weighted by Gasteiger charge is 2.25. The predicted octanol–water partition coefficient (Wildman–Crippen LogP) is 2.56. The van der Waals surface area contributed by atoms with Crippen LogP contribution in [0.3, 0.4) is 0 Å². The zero-order valence-corrected chi connectivity index (χ0v) is 17.6. The molecule has 160 valence electrons. The van der Waals surface area contributed by atoms with Crippen molar-refractivity contribution >= 4 is 11.8 Å². The zero-order valence-electron chi connectivity index (χ0n) is 17.6. The van der Waals surface area contributed by atoms with Crippen LogP contribution in [-0.2, 0) is 22.6 Å². The summed E-state index contributed by atoms with van der Waals surface area (Å²) in [5, 5.41) is 2.63. The van der Waals surface area contributed by atoms with Crippen LogP contribution in [0.4, 0.5) is 0 Å². The first-order valence-corrected chi connectivity index (χ1v) is 10.0. The van der Waals surface area contributed by atoms with Crippen LogP contribution in [0.2, 0.25) is 0 Å². The molecule has 3 rings (SSSR count). The van der Waals surface area contributed by atoms with Crippen molar-refractivity contribution in [1.29, 1.82) is 0 Å². The molecule has 1 aliphatic heterocycles. The van der Waals surface area contributed by atoms with Crippen molar-refractivity contribution in [3.8, 4) is 17.2 Å². The van der Waals surface area contributed by atoms with E-state index in [-0.39, 0.29) is 18.2 Å². The zero-order chi connectivity index (χ0) is 21.5. The minimum absolute atomic E-state index is 0.0863. The standard InChI is InChI=1S/C23H28N2O5/c1-16(23(27)24-2)25(15-18-4-8-19(28-3)9-5-18)22(26)11-7-17-6-10-20-21(14-17)30-13-12-29-20/h4-6,8-10,14,16H,7,11-13,15H2,1-3H3,(H,24,27). The van der Waals surface area contributed by atoms with Crippen molar-refractivity contribution in [2.75, 3.05) is 27.4 Å². The number of nitrogens with one attached hydrogen (secondary N) is 1. The van der Waals surface area contributed by atoms with Crippen LogP contribution in [0.15, 0.2) is 42.5 Å². The lowest BCUT2D eigenvalue weighted by Crippen LogP contribution is -2.46. The van der Waals surface area contributed by atoms with E-state index in [2.05, 4.69) is 5.32 Å². The van der Waals surface area contributed by atoms with Crippen molar-refractivity contribution in [2.45, 2.75) is 32.4 Å². The summed E-state index contributed by atoms with van der Waals surface area (Å²) < 4.78 is 16.3. The third-order valence-electron chi connectivity index (χ3n) is 5.16. The molecule has 1 N–H and O–H groups in total. The van der Waals surface area contributed by atoms with Crippen LogP contribution in [0.1, 0.15) is 24.5 Å². The summed E-state index contributed by atoms with van der Waals surface area (Å²) in [5.41, 5.74) is 1.92. The normalized spacial score (nSPS) is 13.3. The first-order valence-electron chi connectivity index (χ1n) is 10.0. The number of aryl methyl sites for hydroxylation is 1. The van der Waals surface area contributed by atoms with E-state index < -0.39 is 6.04 Å². The molecule has 0 spiro atoms. The molecule has 0 saturated carbocycles. The summed E-state index contributed by atoms with van der Waals surface area (Å²) in [4.78, 5) is 26.9. The maximum Gasteiger partial charge on any atom is 0.242 e. The second-order valence-electron chi connectivity index (χ2n) is 7.14. The summed E-state index contributed by atoms with van der Waals surface area (Å²) >= 11 is 0. The predicted molar refractivity (Wildman–Crippen MR) is 113 cm³/mol. The van der Waals surface area contributed by atoms with Gasteiger partial charge >= 0.3 is 0 Å². The molecule has 2 amide bonds. The Bertz CT molecular complexity index is 882. The molecule has 0 aromatic heterocycles. The SMILES string of the molecule is CNC(=O)C(C)N(Cc1ccc(OC)cc1)C(=O)CCc1ccc2c(c1)OCCO2. The minimum atomic E-state index is -0.579. The lowest BCUT2D eigenvalue weighted by Gasteiger charge is -2.28. The Labute approximate surface area is 176 Å². The highest BCUT2D eigenvalue weighted by atomic mass is 16.6. The van der Waals surface area contributed by atoms with E-state index in [1.54, 1.807) is 26.0 Å². The fourth-order valence-electron chi connectivity index (χ4n) is 3.36. The topological polar surface area (TPSA) is 77.1 Å². The number of nitrogens with zero attached hydrogens (tertiary/aromatic N) is 1. The minimum Gasteiger partial charge on any atom is -0.497 e. The Kier molecular flexibility index (Phi) is 7.17. The molecule has 2 aromatic carbocycles. The van der Waals surface area contributed by atoms with Crippen LogP contribution in [0.5, 0.6) is 17.2 Å². The van der Waals surface area contributed by atoms with E-state index in [0.29, 0.717) is 31.9 Å². The fraction of sp³-hybridized carbons (Fsp3) is 0.391. The molecule has 0 bridgehead atoms. The second kappa shape index (κ2) is 10.0. The van der Waals surface area contributed by atoms with Gasteiger partial charge in [-0.25, -0.2) is 0 Å². The number of ether oxygens (including phenoxy) is 3. The lowest BCUT2D eigenvalue weighted by molar-refractivity contribution is -0.140. The molecule has 1 aliphatic rings. The van der Waals surface area contributed by atoms with Gasteiger partial charge in [0, 0.05) is 20.0 Å². The van der Waals surface area contributed by atoms with Crippen LogP contribution in [0, 0.1) is 0 Å². The molecule has 0 aliphatic carbocycles. The van der Waals surface area contributed by atoms with Gasteiger partial charge in [-0.3, -0.25) is 9.59 Å².